The minimum Gasteiger partial charge on any atom is -0.393 e. The Labute approximate surface area is 106 Å². The molecule has 1 unspecified atom stereocenters. The van der Waals surface area contributed by atoms with E-state index in [1.807, 2.05) is 7.05 Å². The number of nitrogen functional groups attached to an aromatic ring is 1. The molecule has 100 valence electrons. The first kappa shape index (κ1) is 14.4. The highest BCUT2D eigenvalue weighted by atomic mass is 16.6. The van der Waals surface area contributed by atoms with E-state index in [0.717, 1.165) is 5.56 Å². The fourth-order valence-electron chi connectivity index (χ4n) is 1.68. The molecule has 0 aliphatic rings. The average molecular weight is 253 g/mol. The number of hydrogen-bond donors (Lipinski definition) is 1. The Morgan fingerprint density at radius 3 is 2.72 bits per heavy atom. The van der Waals surface area contributed by atoms with Crippen molar-refractivity contribution >= 4 is 11.4 Å². The molecule has 18 heavy (non-hydrogen) atoms. The van der Waals surface area contributed by atoms with E-state index < -0.39 is 4.92 Å². The molecule has 0 saturated heterocycles. The Morgan fingerprint density at radius 2 is 2.22 bits per heavy atom. The third-order valence-corrected chi connectivity index (χ3v) is 2.88. The number of nitro groups is 1. The van der Waals surface area contributed by atoms with Crippen LogP contribution in [0, 0.1) is 10.1 Å². The van der Waals surface area contributed by atoms with Crippen molar-refractivity contribution in [1.82, 2.24) is 4.90 Å². The summed E-state index contributed by atoms with van der Waals surface area (Å²) in [5.41, 5.74) is 6.75. The number of rotatable bonds is 6. The third kappa shape index (κ3) is 3.68. The number of nitrogens with zero attached hydrogens (tertiary/aromatic N) is 2. The van der Waals surface area contributed by atoms with Gasteiger partial charge in [0.2, 0.25) is 0 Å². The maximum atomic E-state index is 10.6. The van der Waals surface area contributed by atoms with Gasteiger partial charge < -0.3 is 10.5 Å². The molecule has 1 rings (SSSR count). The highest BCUT2D eigenvalue weighted by Crippen LogP contribution is 2.22. The summed E-state index contributed by atoms with van der Waals surface area (Å²) in [7, 11) is 3.63. The van der Waals surface area contributed by atoms with Crippen molar-refractivity contribution in [2.75, 3.05) is 26.5 Å². The summed E-state index contributed by atoms with van der Waals surface area (Å²) in [6.45, 7) is 3.37. The molecule has 6 nitrogen and oxygen atoms in total. The Balaban J connectivity index is 2.74. The summed E-state index contributed by atoms with van der Waals surface area (Å²) in [5.74, 6) is 0. The summed E-state index contributed by atoms with van der Waals surface area (Å²) >= 11 is 0. The van der Waals surface area contributed by atoms with Crippen LogP contribution in [-0.2, 0) is 11.3 Å². The van der Waals surface area contributed by atoms with Gasteiger partial charge in [-0.3, -0.25) is 15.0 Å². The molecule has 0 aromatic heterocycles. The van der Waals surface area contributed by atoms with E-state index in [0.29, 0.717) is 13.2 Å². The highest BCUT2D eigenvalue weighted by Gasteiger charge is 2.13. The first-order valence-electron chi connectivity index (χ1n) is 5.67. The number of nitrogens with two attached hydrogens (primary N) is 1. The molecule has 0 aliphatic carbocycles. The molecule has 0 bridgehead atoms. The molecule has 0 aliphatic heterocycles. The van der Waals surface area contributed by atoms with Gasteiger partial charge in [0, 0.05) is 25.8 Å². The Kier molecular flexibility index (Phi) is 5.06. The first-order chi connectivity index (χ1) is 8.45. The van der Waals surface area contributed by atoms with Gasteiger partial charge in [0.05, 0.1) is 11.5 Å². The molecule has 0 fully saturated rings. The number of anilines is 1. The highest BCUT2D eigenvalue weighted by molar-refractivity contribution is 5.59. The van der Waals surface area contributed by atoms with Crippen LogP contribution >= 0.6 is 0 Å². The Morgan fingerprint density at radius 1 is 1.56 bits per heavy atom. The number of hydrogen-bond acceptors (Lipinski definition) is 5. The van der Waals surface area contributed by atoms with Gasteiger partial charge in [-0.05, 0) is 25.6 Å². The van der Waals surface area contributed by atoms with Crippen molar-refractivity contribution in [2.24, 2.45) is 0 Å². The number of nitro benzene ring substituents is 1. The van der Waals surface area contributed by atoms with Crippen molar-refractivity contribution < 1.29 is 9.66 Å². The van der Waals surface area contributed by atoms with Gasteiger partial charge in [0.1, 0.15) is 5.69 Å². The second-order valence-electron chi connectivity index (χ2n) is 4.37. The predicted octanol–water partition coefficient (Wildman–Crippen LogP) is 1.64. The summed E-state index contributed by atoms with van der Waals surface area (Å²) in [6.07, 6.45) is 0. The lowest BCUT2D eigenvalue weighted by Crippen LogP contribution is -2.32. The topological polar surface area (TPSA) is 81.6 Å². The van der Waals surface area contributed by atoms with Gasteiger partial charge in [-0.2, -0.15) is 0 Å². The van der Waals surface area contributed by atoms with Crippen LogP contribution in [0.15, 0.2) is 18.2 Å². The molecule has 2 N–H and O–H groups in total. The fraction of sp³-hybridized carbons (Fsp3) is 0.500. The van der Waals surface area contributed by atoms with E-state index in [2.05, 4.69) is 11.8 Å². The van der Waals surface area contributed by atoms with E-state index >= 15 is 0 Å². The molecule has 1 aromatic carbocycles. The summed E-state index contributed by atoms with van der Waals surface area (Å²) in [5, 5.41) is 10.6. The first-order valence-corrected chi connectivity index (χ1v) is 5.67. The van der Waals surface area contributed by atoms with Crippen molar-refractivity contribution in [3.63, 3.8) is 0 Å². The van der Waals surface area contributed by atoms with Crippen LogP contribution in [0.4, 0.5) is 11.4 Å². The largest absolute Gasteiger partial charge is 0.393 e. The van der Waals surface area contributed by atoms with Gasteiger partial charge in [-0.15, -0.1) is 0 Å². The minimum absolute atomic E-state index is 0.0497. The van der Waals surface area contributed by atoms with Crippen LogP contribution in [0.5, 0.6) is 0 Å². The average Bonchev–Trinajstić information content (AvgIpc) is 2.28. The van der Waals surface area contributed by atoms with Gasteiger partial charge in [0.15, 0.2) is 0 Å². The molecule has 1 atom stereocenters. The molecule has 0 heterocycles. The molecule has 0 spiro atoms. The smallest absolute Gasteiger partial charge is 0.292 e. The number of benzene rings is 1. The lowest BCUT2D eigenvalue weighted by molar-refractivity contribution is -0.383. The van der Waals surface area contributed by atoms with Gasteiger partial charge >= 0.3 is 0 Å². The van der Waals surface area contributed by atoms with E-state index in [1.54, 1.807) is 19.2 Å². The van der Waals surface area contributed by atoms with Crippen LogP contribution < -0.4 is 5.73 Å². The van der Waals surface area contributed by atoms with Crippen molar-refractivity contribution in [2.45, 2.75) is 19.5 Å². The van der Waals surface area contributed by atoms with E-state index in [9.17, 15) is 10.1 Å². The van der Waals surface area contributed by atoms with Crippen molar-refractivity contribution in [3.8, 4) is 0 Å². The summed E-state index contributed by atoms with van der Waals surface area (Å²) < 4.78 is 5.08. The molecule has 0 saturated carbocycles. The van der Waals surface area contributed by atoms with Crippen LogP contribution in [-0.4, -0.2) is 36.6 Å². The minimum atomic E-state index is -0.476. The van der Waals surface area contributed by atoms with Gasteiger partial charge in [-0.25, -0.2) is 0 Å². The summed E-state index contributed by atoms with van der Waals surface area (Å²) in [6, 6.07) is 5.09. The second-order valence-corrected chi connectivity index (χ2v) is 4.37. The maximum Gasteiger partial charge on any atom is 0.292 e. The number of ether oxygens (including phenoxy) is 1. The van der Waals surface area contributed by atoms with Crippen molar-refractivity contribution in [1.29, 1.82) is 0 Å². The van der Waals surface area contributed by atoms with E-state index in [1.165, 1.54) is 6.07 Å². The number of likely N-dealkylation sites (N-methyl/N-ethyl adjacent to an activating group) is 1. The van der Waals surface area contributed by atoms with Crippen LogP contribution in [0.25, 0.3) is 0 Å². The Hall–Kier alpha value is -1.66. The predicted molar refractivity (Wildman–Crippen MR) is 70.3 cm³/mol. The normalized spacial score (nSPS) is 12.7. The zero-order valence-electron chi connectivity index (χ0n) is 10.9. The molecule has 0 amide bonds. The summed E-state index contributed by atoms with van der Waals surface area (Å²) in [4.78, 5) is 12.3. The molecule has 0 radical (unpaired) electrons. The van der Waals surface area contributed by atoms with E-state index in [-0.39, 0.29) is 17.4 Å². The van der Waals surface area contributed by atoms with E-state index in [4.69, 9.17) is 10.5 Å². The molecule has 1 aromatic rings. The molecule has 6 heteroatoms. The molecular formula is C12H19N3O3. The van der Waals surface area contributed by atoms with Crippen LogP contribution in [0.3, 0.4) is 0 Å². The van der Waals surface area contributed by atoms with Crippen LogP contribution in [0.2, 0.25) is 0 Å². The zero-order chi connectivity index (χ0) is 13.7. The maximum absolute atomic E-state index is 10.6. The monoisotopic (exact) mass is 253 g/mol. The fourth-order valence-corrected chi connectivity index (χ4v) is 1.68. The van der Waals surface area contributed by atoms with Crippen LogP contribution in [0.1, 0.15) is 12.5 Å². The molecular weight excluding hydrogens is 234 g/mol. The van der Waals surface area contributed by atoms with Crippen molar-refractivity contribution in [3.05, 3.63) is 33.9 Å². The SMILES string of the molecule is COCC(C)N(C)Cc1ccc([N+](=O)[O-])c(N)c1. The lowest BCUT2D eigenvalue weighted by atomic mass is 10.1. The van der Waals surface area contributed by atoms with Gasteiger partial charge in [-0.1, -0.05) is 6.07 Å². The number of methoxy groups -OCH3 is 1. The second kappa shape index (κ2) is 6.32. The van der Waals surface area contributed by atoms with Gasteiger partial charge in [0.25, 0.3) is 5.69 Å². The Bertz CT molecular complexity index is 423. The quantitative estimate of drug-likeness (QED) is 0.473. The third-order valence-electron chi connectivity index (χ3n) is 2.88. The zero-order valence-corrected chi connectivity index (χ0v) is 10.9. The standard InChI is InChI=1S/C12H19N3O3/c1-9(8-18-3)14(2)7-10-4-5-12(15(16)17)11(13)6-10/h4-6,9H,7-8,13H2,1-3H3. The lowest BCUT2D eigenvalue weighted by Gasteiger charge is -2.24.